The number of rotatable bonds is 4. The lowest BCUT2D eigenvalue weighted by Crippen LogP contribution is -2.38. The fourth-order valence-corrected chi connectivity index (χ4v) is 3.15. The summed E-state index contributed by atoms with van der Waals surface area (Å²) in [6.07, 6.45) is 7.07. The summed E-state index contributed by atoms with van der Waals surface area (Å²) in [5.74, 6) is -0.205. The van der Waals surface area contributed by atoms with Gasteiger partial charge in [-0.25, -0.2) is 4.39 Å². The quantitative estimate of drug-likeness (QED) is 0.841. The van der Waals surface area contributed by atoms with Crippen molar-refractivity contribution in [2.75, 3.05) is 25.1 Å². The van der Waals surface area contributed by atoms with Gasteiger partial charge in [0.25, 0.3) is 0 Å². The Balaban J connectivity index is 2.08. The molecule has 106 valence electrons. The summed E-state index contributed by atoms with van der Waals surface area (Å²) in [4.78, 5) is 2.07. The largest absolute Gasteiger partial charge is 0.396 e. The molecular weight excluding hydrogens is 241 g/mol. The Labute approximate surface area is 115 Å². The number of halogens is 1. The number of hydrogen-bond acceptors (Lipinski definition) is 2. The lowest BCUT2D eigenvalue weighted by molar-refractivity contribution is 0.113. The van der Waals surface area contributed by atoms with Crippen LogP contribution in [-0.4, -0.2) is 25.3 Å². The third-order valence-electron chi connectivity index (χ3n) is 4.32. The SMILES string of the molecule is CN(CC1(CO)CCCCCC1)c1cccc(F)c1. The van der Waals surface area contributed by atoms with Crippen LogP contribution in [0, 0.1) is 11.2 Å². The van der Waals surface area contributed by atoms with Crippen LogP contribution in [0.15, 0.2) is 24.3 Å². The second-order valence-corrected chi connectivity index (χ2v) is 5.91. The Kier molecular flexibility index (Phi) is 4.81. The van der Waals surface area contributed by atoms with E-state index in [1.807, 2.05) is 13.1 Å². The molecule has 1 aromatic carbocycles. The molecule has 2 rings (SSSR count). The summed E-state index contributed by atoms with van der Waals surface area (Å²) in [6.45, 7) is 1.03. The molecule has 0 aromatic heterocycles. The molecule has 3 heteroatoms. The van der Waals surface area contributed by atoms with Gasteiger partial charge in [0.1, 0.15) is 5.82 Å². The summed E-state index contributed by atoms with van der Waals surface area (Å²) < 4.78 is 13.3. The van der Waals surface area contributed by atoms with Crippen LogP contribution in [0.3, 0.4) is 0 Å². The number of hydrogen-bond donors (Lipinski definition) is 1. The van der Waals surface area contributed by atoms with E-state index in [4.69, 9.17) is 0 Å². The van der Waals surface area contributed by atoms with E-state index in [-0.39, 0.29) is 17.8 Å². The van der Waals surface area contributed by atoms with Crippen LogP contribution < -0.4 is 4.90 Å². The van der Waals surface area contributed by atoms with Gasteiger partial charge in [0.05, 0.1) is 6.61 Å². The maximum atomic E-state index is 13.3. The normalized spacial score (nSPS) is 18.9. The minimum atomic E-state index is -0.205. The van der Waals surface area contributed by atoms with Crippen molar-refractivity contribution in [3.8, 4) is 0 Å². The van der Waals surface area contributed by atoms with Crippen LogP contribution in [0.4, 0.5) is 10.1 Å². The molecule has 0 heterocycles. The fraction of sp³-hybridized carbons (Fsp3) is 0.625. The van der Waals surface area contributed by atoms with Crippen molar-refractivity contribution in [3.63, 3.8) is 0 Å². The van der Waals surface area contributed by atoms with Crippen LogP contribution in [-0.2, 0) is 0 Å². The Hall–Kier alpha value is -1.09. The zero-order chi connectivity index (χ0) is 13.7. The van der Waals surface area contributed by atoms with E-state index < -0.39 is 0 Å². The van der Waals surface area contributed by atoms with E-state index in [0.29, 0.717) is 0 Å². The van der Waals surface area contributed by atoms with E-state index in [2.05, 4.69) is 4.90 Å². The maximum absolute atomic E-state index is 13.3. The first-order valence-electron chi connectivity index (χ1n) is 7.23. The molecule has 2 nitrogen and oxygen atoms in total. The summed E-state index contributed by atoms with van der Waals surface area (Å²) in [5.41, 5.74) is 0.870. The van der Waals surface area contributed by atoms with Gasteiger partial charge in [-0.15, -0.1) is 0 Å². The Morgan fingerprint density at radius 3 is 2.47 bits per heavy atom. The highest BCUT2D eigenvalue weighted by molar-refractivity contribution is 5.45. The summed E-state index contributed by atoms with van der Waals surface area (Å²) in [5, 5.41) is 9.82. The molecule has 0 spiro atoms. The van der Waals surface area contributed by atoms with E-state index in [1.54, 1.807) is 12.1 Å². The minimum Gasteiger partial charge on any atom is -0.396 e. The van der Waals surface area contributed by atoms with Crippen LogP contribution >= 0.6 is 0 Å². The van der Waals surface area contributed by atoms with E-state index in [1.165, 1.54) is 31.7 Å². The highest BCUT2D eigenvalue weighted by atomic mass is 19.1. The maximum Gasteiger partial charge on any atom is 0.125 e. The number of benzene rings is 1. The molecule has 0 unspecified atom stereocenters. The Morgan fingerprint density at radius 1 is 1.21 bits per heavy atom. The molecule has 19 heavy (non-hydrogen) atoms. The van der Waals surface area contributed by atoms with Gasteiger partial charge in [-0.1, -0.05) is 31.7 Å². The molecular formula is C16H24FNO. The van der Waals surface area contributed by atoms with Crippen molar-refractivity contribution in [3.05, 3.63) is 30.1 Å². The first kappa shape index (κ1) is 14.3. The van der Waals surface area contributed by atoms with Crippen molar-refractivity contribution in [2.45, 2.75) is 38.5 Å². The van der Waals surface area contributed by atoms with Gasteiger partial charge in [-0.05, 0) is 31.0 Å². The van der Waals surface area contributed by atoms with Crippen LogP contribution in [0.25, 0.3) is 0 Å². The summed E-state index contributed by atoms with van der Waals surface area (Å²) in [7, 11) is 1.98. The van der Waals surface area contributed by atoms with E-state index in [0.717, 1.165) is 25.1 Å². The van der Waals surface area contributed by atoms with Crippen molar-refractivity contribution >= 4 is 5.69 Å². The highest BCUT2D eigenvalue weighted by Crippen LogP contribution is 2.36. The summed E-state index contributed by atoms with van der Waals surface area (Å²) in [6, 6.07) is 6.68. The van der Waals surface area contributed by atoms with Gasteiger partial charge >= 0.3 is 0 Å². The number of aliphatic hydroxyl groups excluding tert-OH is 1. The average molecular weight is 265 g/mol. The second kappa shape index (κ2) is 6.38. The lowest BCUT2D eigenvalue weighted by atomic mass is 9.80. The smallest absolute Gasteiger partial charge is 0.125 e. The van der Waals surface area contributed by atoms with Gasteiger partial charge in [0.2, 0.25) is 0 Å². The summed E-state index contributed by atoms with van der Waals surface area (Å²) >= 11 is 0. The molecule has 0 amide bonds. The molecule has 1 fully saturated rings. The third kappa shape index (κ3) is 3.69. The number of aliphatic hydroxyl groups is 1. The number of nitrogens with zero attached hydrogens (tertiary/aromatic N) is 1. The molecule has 0 saturated heterocycles. The lowest BCUT2D eigenvalue weighted by Gasteiger charge is -2.36. The molecule has 0 bridgehead atoms. The zero-order valence-electron chi connectivity index (χ0n) is 11.7. The molecule has 0 aliphatic heterocycles. The second-order valence-electron chi connectivity index (χ2n) is 5.91. The van der Waals surface area contributed by atoms with Gasteiger partial charge in [0.15, 0.2) is 0 Å². The van der Waals surface area contributed by atoms with Crippen molar-refractivity contribution in [1.82, 2.24) is 0 Å². The predicted molar refractivity (Wildman–Crippen MR) is 76.9 cm³/mol. The third-order valence-corrected chi connectivity index (χ3v) is 4.32. The van der Waals surface area contributed by atoms with Crippen LogP contribution in [0.2, 0.25) is 0 Å². The minimum absolute atomic E-state index is 0.0163. The average Bonchev–Trinajstić information content (AvgIpc) is 2.65. The molecule has 1 aromatic rings. The molecule has 0 atom stereocenters. The molecule has 1 aliphatic carbocycles. The molecule has 0 radical (unpaired) electrons. The Morgan fingerprint density at radius 2 is 1.89 bits per heavy atom. The number of anilines is 1. The predicted octanol–water partition coefficient (Wildman–Crippen LogP) is 3.59. The van der Waals surface area contributed by atoms with Gasteiger partial charge in [-0.3, -0.25) is 0 Å². The van der Waals surface area contributed by atoms with E-state index >= 15 is 0 Å². The standard InChI is InChI=1S/C16H24FNO/c1-18(15-8-6-7-14(17)11-15)12-16(13-19)9-4-2-3-5-10-16/h6-8,11,19H,2-5,9-10,12-13H2,1H3. The fourth-order valence-electron chi connectivity index (χ4n) is 3.15. The van der Waals surface area contributed by atoms with E-state index in [9.17, 15) is 9.50 Å². The first-order chi connectivity index (χ1) is 9.15. The van der Waals surface area contributed by atoms with Gasteiger partial charge in [-0.2, -0.15) is 0 Å². The van der Waals surface area contributed by atoms with Gasteiger partial charge in [0, 0.05) is 24.7 Å². The highest BCUT2D eigenvalue weighted by Gasteiger charge is 2.31. The van der Waals surface area contributed by atoms with Crippen LogP contribution in [0.1, 0.15) is 38.5 Å². The zero-order valence-corrected chi connectivity index (χ0v) is 11.7. The van der Waals surface area contributed by atoms with Crippen molar-refractivity contribution < 1.29 is 9.50 Å². The van der Waals surface area contributed by atoms with Crippen molar-refractivity contribution in [2.24, 2.45) is 5.41 Å². The van der Waals surface area contributed by atoms with Gasteiger partial charge < -0.3 is 10.0 Å². The first-order valence-corrected chi connectivity index (χ1v) is 7.23. The topological polar surface area (TPSA) is 23.5 Å². The van der Waals surface area contributed by atoms with Crippen molar-refractivity contribution in [1.29, 1.82) is 0 Å². The van der Waals surface area contributed by atoms with Crippen LogP contribution in [0.5, 0.6) is 0 Å². The molecule has 1 saturated carbocycles. The monoisotopic (exact) mass is 265 g/mol. The molecule has 1 aliphatic rings. The molecule has 1 N–H and O–H groups in total. The Bertz CT molecular complexity index is 399.